The number of nitrogens with zero attached hydrogens (tertiary/aromatic N) is 1. The number of anilines is 1. The van der Waals surface area contributed by atoms with Gasteiger partial charge in [0.1, 0.15) is 5.82 Å². The predicted octanol–water partition coefficient (Wildman–Crippen LogP) is 4.87. The monoisotopic (exact) mass is 388 g/mol. The van der Waals surface area contributed by atoms with Crippen molar-refractivity contribution < 1.29 is 27.3 Å². The second-order valence-corrected chi connectivity index (χ2v) is 6.60. The molecule has 2 aromatic rings. The number of rotatable bonds is 5. The maximum absolute atomic E-state index is 13.1. The first-order valence-corrected chi connectivity index (χ1v) is 8.04. The molecule has 1 amide bonds. The molecular weight excluding hydrogens is 376 g/mol. The molecule has 0 fully saturated rings. The second-order valence-electron chi connectivity index (χ2n) is 5.19. The summed E-state index contributed by atoms with van der Waals surface area (Å²) in [4.78, 5) is 22.5. The van der Waals surface area contributed by atoms with Crippen LogP contribution < -0.4 is 5.32 Å². The molecular formula is C16H12F4N2O3S. The highest BCUT2D eigenvalue weighted by molar-refractivity contribution is 8.00. The van der Waals surface area contributed by atoms with Crippen LogP contribution in [0.5, 0.6) is 0 Å². The van der Waals surface area contributed by atoms with Gasteiger partial charge in [-0.05, 0) is 37.3 Å². The maximum Gasteiger partial charge on any atom is 0.418 e. The van der Waals surface area contributed by atoms with Gasteiger partial charge in [0.2, 0.25) is 5.91 Å². The first kappa shape index (κ1) is 19.7. The van der Waals surface area contributed by atoms with Crippen molar-refractivity contribution in [3.63, 3.8) is 0 Å². The van der Waals surface area contributed by atoms with Gasteiger partial charge in [0, 0.05) is 17.0 Å². The molecule has 0 aliphatic heterocycles. The molecule has 5 nitrogen and oxygen atoms in total. The summed E-state index contributed by atoms with van der Waals surface area (Å²) in [7, 11) is 0. The summed E-state index contributed by atoms with van der Waals surface area (Å²) in [6.07, 6.45) is -4.87. The minimum absolute atomic E-state index is 0.368. The SMILES string of the molecule is CC(Sc1ccc(F)cc1)C(=O)Nc1ccc([N+](=O)[O-])cc1C(F)(F)F. The number of nitrogens with one attached hydrogen (secondary N) is 1. The smallest absolute Gasteiger partial charge is 0.325 e. The third-order valence-electron chi connectivity index (χ3n) is 3.27. The molecule has 1 N–H and O–H groups in total. The molecule has 0 bridgehead atoms. The van der Waals surface area contributed by atoms with Gasteiger partial charge in [-0.2, -0.15) is 13.2 Å². The van der Waals surface area contributed by atoms with Crippen molar-refractivity contribution in [3.8, 4) is 0 Å². The highest BCUT2D eigenvalue weighted by Gasteiger charge is 2.36. The van der Waals surface area contributed by atoms with Crippen LogP contribution in [-0.2, 0) is 11.0 Å². The lowest BCUT2D eigenvalue weighted by Crippen LogP contribution is -2.24. The summed E-state index contributed by atoms with van der Waals surface area (Å²) >= 11 is 1.03. The minimum Gasteiger partial charge on any atom is -0.325 e. The average Bonchev–Trinajstić information content (AvgIpc) is 2.56. The zero-order chi connectivity index (χ0) is 19.5. The van der Waals surface area contributed by atoms with Gasteiger partial charge in [-0.15, -0.1) is 11.8 Å². The molecule has 10 heteroatoms. The van der Waals surface area contributed by atoms with Gasteiger partial charge in [-0.3, -0.25) is 14.9 Å². The van der Waals surface area contributed by atoms with Crippen molar-refractivity contribution in [2.24, 2.45) is 0 Å². The lowest BCUT2D eigenvalue weighted by molar-refractivity contribution is -0.385. The summed E-state index contributed by atoms with van der Waals surface area (Å²) in [6.45, 7) is 1.47. The van der Waals surface area contributed by atoms with E-state index in [0.717, 1.165) is 23.9 Å². The fourth-order valence-corrected chi connectivity index (χ4v) is 2.86. The van der Waals surface area contributed by atoms with E-state index in [1.54, 1.807) is 0 Å². The number of alkyl halides is 3. The zero-order valence-electron chi connectivity index (χ0n) is 13.2. The number of carbonyl (C=O) groups excluding carboxylic acids is 1. The van der Waals surface area contributed by atoms with Crippen molar-refractivity contribution in [3.05, 3.63) is 64.0 Å². The highest BCUT2D eigenvalue weighted by atomic mass is 32.2. The molecule has 1 unspecified atom stereocenters. The van der Waals surface area contributed by atoms with Gasteiger partial charge in [0.05, 0.1) is 21.4 Å². The Morgan fingerprint density at radius 2 is 1.81 bits per heavy atom. The largest absolute Gasteiger partial charge is 0.418 e. The Labute approximate surface area is 149 Å². The topological polar surface area (TPSA) is 72.2 Å². The van der Waals surface area contributed by atoms with Crippen LogP contribution in [0.3, 0.4) is 0 Å². The van der Waals surface area contributed by atoms with E-state index in [2.05, 4.69) is 5.32 Å². The summed E-state index contributed by atoms with van der Waals surface area (Å²) in [5, 5.41) is 12.0. The number of halogens is 4. The number of hydrogen-bond acceptors (Lipinski definition) is 4. The summed E-state index contributed by atoms with van der Waals surface area (Å²) < 4.78 is 52.2. The van der Waals surface area contributed by atoms with E-state index < -0.39 is 45.0 Å². The lowest BCUT2D eigenvalue weighted by atomic mass is 10.1. The van der Waals surface area contributed by atoms with Gasteiger partial charge in [-0.25, -0.2) is 4.39 Å². The van der Waals surface area contributed by atoms with E-state index in [4.69, 9.17) is 0 Å². The number of amides is 1. The Bertz CT molecular complexity index is 825. The van der Waals surface area contributed by atoms with Crippen LogP contribution in [0, 0.1) is 15.9 Å². The molecule has 0 radical (unpaired) electrons. The molecule has 0 aromatic heterocycles. The van der Waals surface area contributed by atoms with Gasteiger partial charge in [-0.1, -0.05) is 0 Å². The van der Waals surface area contributed by atoms with E-state index in [0.29, 0.717) is 11.0 Å². The van der Waals surface area contributed by atoms with Crippen LogP contribution >= 0.6 is 11.8 Å². The van der Waals surface area contributed by atoms with Gasteiger partial charge >= 0.3 is 6.18 Å². The highest BCUT2D eigenvalue weighted by Crippen LogP contribution is 2.37. The van der Waals surface area contributed by atoms with Gasteiger partial charge in [0.25, 0.3) is 5.69 Å². The molecule has 2 rings (SSSR count). The number of hydrogen-bond donors (Lipinski definition) is 1. The number of nitro benzene ring substituents is 1. The normalized spacial score (nSPS) is 12.5. The molecule has 0 heterocycles. The standard InChI is InChI=1S/C16H12F4N2O3S/c1-9(26-12-5-2-10(17)3-6-12)15(23)21-14-7-4-11(22(24)25)8-13(14)16(18,19)20/h2-9H,1H3,(H,21,23). The van der Waals surface area contributed by atoms with Gasteiger partial charge < -0.3 is 5.32 Å². The Kier molecular flexibility index (Phi) is 5.86. The lowest BCUT2D eigenvalue weighted by Gasteiger charge is -2.16. The van der Waals surface area contributed by atoms with Crippen LogP contribution in [0.25, 0.3) is 0 Å². The fraction of sp³-hybridized carbons (Fsp3) is 0.188. The predicted molar refractivity (Wildman–Crippen MR) is 88.4 cm³/mol. The van der Waals surface area contributed by atoms with Crippen molar-refractivity contribution in [1.82, 2.24) is 0 Å². The molecule has 0 saturated heterocycles. The first-order chi connectivity index (χ1) is 12.1. The average molecular weight is 388 g/mol. The van der Waals surface area contributed by atoms with Crippen LogP contribution in [0.1, 0.15) is 12.5 Å². The van der Waals surface area contributed by atoms with Crippen LogP contribution in [0.4, 0.5) is 28.9 Å². The number of benzene rings is 2. The van der Waals surface area contributed by atoms with Crippen molar-refractivity contribution >= 4 is 29.0 Å². The summed E-state index contributed by atoms with van der Waals surface area (Å²) in [5.74, 6) is -1.18. The molecule has 26 heavy (non-hydrogen) atoms. The van der Waals surface area contributed by atoms with Crippen LogP contribution in [0.2, 0.25) is 0 Å². The molecule has 0 saturated carbocycles. The maximum atomic E-state index is 13.1. The van der Waals surface area contributed by atoms with Crippen molar-refractivity contribution in [2.45, 2.75) is 23.2 Å². The minimum atomic E-state index is -4.87. The molecule has 0 aliphatic carbocycles. The second kappa shape index (κ2) is 7.73. The third kappa shape index (κ3) is 4.94. The Morgan fingerprint density at radius 3 is 2.35 bits per heavy atom. The number of non-ortho nitro benzene ring substituents is 1. The van der Waals surface area contributed by atoms with Crippen LogP contribution in [0.15, 0.2) is 47.4 Å². The van der Waals surface area contributed by atoms with E-state index >= 15 is 0 Å². The summed E-state index contributed by atoms with van der Waals surface area (Å²) in [6, 6.07) is 7.37. The molecule has 2 aromatic carbocycles. The van der Waals surface area contributed by atoms with E-state index in [-0.39, 0.29) is 0 Å². The number of nitro groups is 1. The number of thioether (sulfide) groups is 1. The fourth-order valence-electron chi connectivity index (χ4n) is 1.99. The molecule has 0 spiro atoms. The third-order valence-corrected chi connectivity index (χ3v) is 4.38. The Balaban J connectivity index is 2.19. The molecule has 1 atom stereocenters. The summed E-state index contributed by atoms with van der Waals surface area (Å²) in [5.41, 5.74) is -2.61. The van der Waals surface area contributed by atoms with Crippen LogP contribution in [-0.4, -0.2) is 16.1 Å². The van der Waals surface area contributed by atoms with E-state index in [1.165, 1.54) is 31.2 Å². The van der Waals surface area contributed by atoms with Crippen molar-refractivity contribution in [1.29, 1.82) is 0 Å². The first-order valence-electron chi connectivity index (χ1n) is 7.16. The quantitative estimate of drug-likeness (QED) is 0.343. The van der Waals surface area contributed by atoms with E-state index in [1.807, 2.05) is 0 Å². The Hall–Kier alpha value is -2.62. The number of carbonyl (C=O) groups is 1. The Morgan fingerprint density at radius 1 is 1.19 bits per heavy atom. The van der Waals surface area contributed by atoms with Crippen molar-refractivity contribution in [2.75, 3.05) is 5.32 Å². The molecule has 0 aliphatic rings. The molecule has 138 valence electrons. The zero-order valence-corrected chi connectivity index (χ0v) is 14.0. The van der Waals surface area contributed by atoms with E-state index in [9.17, 15) is 32.5 Å². The van der Waals surface area contributed by atoms with Gasteiger partial charge in [0.15, 0.2) is 0 Å².